The van der Waals surface area contributed by atoms with Crippen LogP contribution in [0.1, 0.15) is 39.2 Å². The van der Waals surface area contributed by atoms with Crippen LogP contribution in [0.25, 0.3) is 0 Å². The van der Waals surface area contributed by atoms with Gasteiger partial charge in [-0.3, -0.25) is 14.9 Å². The van der Waals surface area contributed by atoms with Gasteiger partial charge in [0.05, 0.1) is 29.4 Å². The van der Waals surface area contributed by atoms with E-state index in [4.69, 9.17) is 32.7 Å². The van der Waals surface area contributed by atoms with Gasteiger partial charge < -0.3 is 29.9 Å². The molecule has 0 radical (unpaired) electrons. The van der Waals surface area contributed by atoms with Gasteiger partial charge in [-0.15, -0.1) is 0 Å². The highest BCUT2D eigenvalue weighted by Crippen LogP contribution is 2.32. The van der Waals surface area contributed by atoms with E-state index in [0.29, 0.717) is 24.2 Å². The number of hydrogen-bond acceptors (Lipinski definition) is 7. The van der Waals surface area contributed by atoms with Crippen molar-refractivity contribution in [2.24, 2.45) is 4.99 Å². The lowest BCUT2D eigenvalue weighted by Crippen LogP contribution is -2.45. The van der Waals surface area contributed by atoms with Gasteiger partial charge >= 0.3 is 6.09 Å². The number of methoxy groups -OCH3 is 1. The normalized spacial score (nSPS) is 15.4. The second kappa shape index (κ2) is 14.6. The van der Waals surface area contributed by atoms with Crippen LogP contribution in [0.5, 0.6) is 5.75 Å². The predicted octanol–water partition coefficient (Wildman–Crippen LogP) is 4.67. The van der Waals surface area contributed by atoms with E-state index in [9.17, 15) is 14.4 Å². The first-order chi connectivity index (χ1) is 19.8. The predicted molar refractivity (Wildman–Crippen MR) is 166 cm³/mol. The van der Waals surface area contributed by atoms with Gasteiger partial charge in [0.25, 0.3) is 5.91 Å². The van der Waals surface area contributed by atoms with Crippen LogP contribution in [-0.2, 0) is 20.9 Å². The Labute approximate surface area is 256 Å². The summed E-state index contributed by atoms with van der Waals surface area (Å²) in [6.45, 7) is 6.16. The lowest BCUT2D eigenvalue weighted by Gasteiger charge is -2.25. The zero-order valence-corrected chi connectivity index (χ0v) is 26.2. The van der Waals surface area contributed by atoms with Crippen LogP contribution in [0.3, 0.4) is 0 Å². The highest BCUT2D eigenvalue weighted by atomic mass is 35.5. The minimum Gasteiger partial charge on any atom is -0.497 e. The van der Waals surface area contributed by atoms with Crippen molar-refractivity contribution in [2.75, 3.05) is 44.5 Å². The van der Waals surface area contributed by atoms with Crippen LogP contribution in [0, 0.1) is 0 Å². The van der Waals surface area contributed by atoms with Gasteiger partial charge in [-0.25, -0.2) is 4.79 Å². The number of anilines is 2. The van der Waals surface area contributed by atoms with Crippen LogP contribution in [-0.4, -0.2) is 74.7 Å². The second-order valence-corrected chi connectivity index (χ2v) is 11.9. The van der Waals surface area contributed by atoms with Gasteiger partial charge in [0, 0.05) is 18.8 Å². The summed E-state index contributed by atoms with van der Waals surface area (Å²) in [5.41, 5.74) is 1.04. The summed E-state index contributed by atoms with van der Waals surface area (Å²) >= 11 is 12.8. The molecule has 1 atom stereocenters. The number of amides is 3. The third kappa shape index (κ3) is 9.78. The zero-order valence-electron chi connectivity index (χ0n) is 24.7. The first-order valence-corrected chi connectivity index (χ1v) is 14.2. The molecule has 3 rings (SSSR count). The molecule has 0 bridgehead atoms. The molecule has 0 unspecified atom stereocenters. The number of carbonyl (C=O) groups excluding carboxylic acids is 3. The van der Waals surface area contributed by atoms with Crippen LogP contribution in [0.4, 0.5) is 16.2 Å². The standard InChI is InChI=1S/C29H38Cl2N6O5/c1-29(2,3)42-28(40)35-27(32-16-18-14-21(30)25(22(31)15-18)33-24(38)17-36(4)5)34-26(39)23-8-7-13-37(23)19-9-11-20(41-6)12-10-19/h9-12,14-15,23H,7-8,13,16-17H2,1-6H3,(H,33,38)(H2,32,34,35,39,40)/t23-/m0/s1. The number of alkyl carbamates (subject to hydrolysis) is 1. The fraction of sp³-hybridized carbons (Fsp3) is 0.448. The maximum Gasteiger partial charge on any atom is 0.414 e. The van der Waals surface area contributed by atoms with Gasteiger partial charge in [0.15, 0.2) is 0 Å². The van der Waals surface area contributed by atoms with E-state index in [2.05, 4.69) is 20.9 Å². The molecule has 42 heavy (non-hydrogen) atoms. The highest BCUT2D eigenvalue weighted by molar-refractivity contribution is 6.39. The van der Waals surface area contributed by atoms with E-state index in [1.54, 1.807) is 59.0 Å². The molecule has 0 spiro atoms. The largest absolute Gasteiger partial charge is 0.497 e. The lowest BCUT2D eigenvalue weighted by molar-refractivity contribution is -0.119. The monoisotopic (exact) mass is 620 g/mol. The number of guanidine groups is 1. The molecule has 0 aliphatic carbocycles. The molecule has 13 heteroatoms. The van der Waals surface area contributed by atoms with E-state index in [1.165, 1.54) is 0 Å². The molecule has 2 aromatic rings. The lowest BCUT2D eigenvalue weighted by atomic mass is 10.2. The van der Waals surface area contributed by atoms with Crippen molar-refractivity contribution < 1.29 is 23.9 Å². The minimum absolute atomic E-state index is 0.0774. The number of carbonyl (C=O) groups is 3. The number of likely N-dealkylation sites (N-methyl/N-ethyl adjacent to an activating group) is 1. The van der Waals surface area contributed by atoms with Crippen molar-refractivity contribution in [2.45, 2.75) is 51.8 Å². The Morgan fingerprint density at radius 3 is 2.31 bits per heavy atom. The summed E-state index contributed by atoms with van der Waals surface area (Å²) in [7, 11) is 5.14. The highest BCUT2D eigenvalue weighted by Gasteiger charge is 2.31. The molecule has 1 fully saturated rings. The summed E-state index contributed by atoms with van der Waals surface area (Å²) in [6.07, 6.45) is 0.657. The second-order valence-electron chi connectivity index (χ2n) is 11.0. The molecule has 2 aromatic carbocycles. The van der Waals surface area contributed by atoms with Crippen molar-refractivity contribution in [1.29, 1.82) is 0 Å². The summed E-state index contributed by atoms with van der Waals surface area (Å²) in [6, 6.07) is 10.2. The van der Waals surface area contributed by atoms with Crippen LogP contribution >= 0.6 is 23.2 Å². The van der Waals surface area contributed by atoms with Gasteiger partial charge in [0.2, 0.25) is 11.9 Å². The van der Waals surface area contributed by atoms with Crippen molar-refractivity contribution in [3.63, 3.8) is 0 Å². The van der Waals surface area contributed by atoms with Crippen LogP contribution in [0.2, 0.25) is 10.0 Å². The molecule has 1 aliphatic heterocycles. The Kier molecular flexibility index (Phi) is 11.4. The molecule has 3 amide bonds. The fourth-order valence-corrected chi connectivity index (χ4v) is 4.93. The van der Waals surface area contributed by atoms with Gasteiger partial charge in [-0.05, 0) is 89.7 Å². The molecular weight excluding hydrogens is 583 g/mol. The Morgan fingerprint density at radius 2 is 1.74 bits per heavy atom. The summed E-state index contributed by atoms with van der Waals surface area (Å²) in [4.78, 5) is 46.1. The first kappa shape index (κ1) is 33.0. The Morgan fingerprint density at radius 1 is 1.10 bits per heavy atom. The average molecular weight is 622 g/mol. The Bertz CT molecular complexity index is 1290. The summed E-state index contributed by atoms with van der Waals surface area (Å²) in [5.74, 6) is -0.0424. The molecule has 11 nitrogen and oxygen atoms in total. The van der Waals surface area contributed by atoms with Crippen molar-refractivity contribution >= 4 is 58.4 Å². The zero-order chi connectivity index (χ0) is 31.0. The summed E-state index contributed by atoms with van der Waals surface area (Å²) in [5, 5.41) is 8.72. The number of nitrogens with one attached hydrogen (secondary N) is 3. The quantitative estimate of drug-likeness (QED) is 0.287. The molecule has 1 aliphatic rings. The number of ether oxygens (including phenoxy) is 2. The smallest absolute Gasteiger partial charge is 0.414 e. The van der Waals surface area contributed by atoms with Gasteiger partial charge in [-0.1, -0.05) is 23.2 Å². The molecule has 228 valence electrons. The Balaban J connectivity index is 1.79. The maximum atomic E-state index is 13.4. The molecular formula is C29H38Cl2N6O5. The minimum atomic E-state index is -0.769. The number of rotatable bonds is 8. The van der Waals surface area contributed by atoms with E-state index < -0.39 is 23.6 Å². The van der Waals surface area contributed by atoms with Gasteiger partial charge in [0.1, 0.15) is 17.4 Å². The van der Waals surface area contributed by atoms with E-state index in [0.717, 1.165) is 17.9 Å². The first-order valence-electron chi connectivity index (χ1n) is 13.5. The third-order valence-electron chi connectivity index (χ3n) is 6.07. The number of benzene rings is 2. The SMILES string of the molecule is COc1ccc(N2CCC[C@H]2C(=O)/N=C(/NCc2cc(Cl)c(NC(=O)CN(C)C)c(Cl)c2)NC(=O)OC(C)(C)C)cc1. The van der Waals surface area contributed by atoms with Crippen LogP contribution < -0.4 is 25.6 Å². The number of aliphatic imine (C=N–C) groups is 1. The van der Waals surface area contributed by atoms with Crippen molar-refractivity contribution in [3.8, 4) is 5.75 Å². The third-order valence-corrected chi connectivity index (χ3v) is 6.67. The average Bonchev–Trinajstić information content (AvgIpc) is 3.38. The van der Waals surface area contributed by atoms with E-state index in [1.807, 2.05) is 29.2 Å². The number of hydrogen-bond donors (Lipinski definition) is 3. The fourth-order valence-electron chi connectivity index (χ4n) is 4.30. The number of nitrogens with zero attached hydrogens (tertiary/aromatic N) is 3. The molecule has 1 heterocycles. The van der Waals surface area contributed by atoms with Crippen LogP contribution in [0.15, 0.2) is 41.4 Å². The molecule has 1 saturated heterocycles. The topological polar surface area (TPSA) is 125 Å². The molecule has 3 N–H and O–H groups in total. The Hall–Kier alpha value is -3.54. The molecule has 0 aromatic heterocycles. The molecule has 0 saturated carbocycles. The maximum absolute atomic E-state index is 13.4. The number of halogens is 2. The van der Waals surface area contributed by atoms with Gasteiger partial charge in [-0.2, -0.15) is 4.99 Å². The summed E-state index contributed by atoms with van der Waals surface area (Å²) < 4.78 is 10.6. The van der Waals surface area contributed by atoms with E-state index in [-0.39, 0.29) is 35.0 Å². The van der Waals surface area contributed by atoms with E-state index >= 15 is 0 Å². The van der Waals surface area contributed by atoms with Crippen molar-refractivity contribution in [1.82, 2.24) is 15.5 Å². The van der Waals surface area contributed by atoms with Crippen molar-refractivity contribution in [3.05, 3.63) is 52.0 Å².